The van der Waals surface area contributed by atoms with Crippen LogP contribution in [0.15, 0.2) is 24.4 Å². The standard InChI is InChI=1S/C20H22N6O2/c1-13(27)18-16(12-25(2)3)9-15-5-4-8-26(20(22)28,19(15)24-18)17-7-6-14(10-21)11-23-17/h6-7,9,11H,4-5,8,12H2,1-3H3,(H-,22,28)/p+1. The lowest BCUT2D eigenvalue weighted by Gasteiger charge is -2.35. The Kier molecular flexibility index (Phi) is 5.23. The van der Waals surface area contributed by atoms with E-state index in [0.717, 1.165) is 24.0 Å². The number of nitrogens with two attached hydrogens (primary N) is 1. The van der Waals surface area contributed by atoms with Crippen molar-refractivity contribution in [3.63, 3.8) is 0 Å². The molecule has 0 saturated carbocycles. The van der Waals surface area contributed by atoms with Crippen LogP contribution in [0.2, 0.25) is 0 Å². The number of nitrogens with zero attached hydrogens (tertiary/aromatic N) is 5. The van der Waals surface area contributed by atoms with E-state index in [1.807, 2.05) is 31.1 Å². The number of rotatable bonds is 4. The van der Waals surface area contributed by atoms with Crippen molar-refractivity contribution >= 4 is 23.5 Å². The Morgan fingerprint density at radius 2 is 2.11 bits per heavy atom. The topological polar surface area (TPSA) is 113 Å². The number of ketones is 1. The fourth-order valence-corrected chi connectivity index (χ4v) is 3.71. The van der Waals surface area contributed by atoms with E-state index in [-0.39, 0.29) is 10.3 Å². The molecule has 1 atom stereocenters. The van der Waals surface area contributed by atoms with Crippen LogP contribution in [0.5, 0.6) is 0 Å². The summed E-state index contributed by atoms with van der Waals surface area (Å²) in [4.78, 5) is 35.9. The number of nitriles is 1. The summed E-state index contributed by atoms with van der Waals surface area (Å²) in [5.74, 6) is 0.680. The molecule has 0 bridgehead atoms. The van der Waals surface area contributed by atoms with Crippen molar-refractivity contribution in [2.45, 2.75) is 26.3 Å². The average molecular weight is 379 g/mol. The first-order chi connectivity index (χ1) is 13.3. The number of primary amides is 1. The van der Waals surface area contributed by atoms with Gasteiger partial charge in [-0.05, 0) is 38.2 Å². The molecule has 0 saturated heterocycles. The van der Waals surface area contributed by atoms with E-state index in [4.69, 9.17) is 11.0 Å². The van der Waals surface area contributed by atoms with Crippen molar-refractivity contribution in [2.24, 2.45) is 5.73 Å². The summed E-state index contributed by atoms with van der Waals surface area (Å²) in [7, 11) is 3.85. The van der Waals surface area contributed by atoms with Crippen molar-refractivity contribution in [3.05, 3.63) is 46.8 Å². The van der Waals surface area contributed by atoms with Gasteiger partial charge >= 0.3 is 6.03 Å². The molecule has 1 unspecified atom stereocenters. The Bertz CT molecular complexity index is 977. The van der Waals surface area contributed by atoms with Gasteiger partial charge in [0.05, 0.1) is 11.8 Å². The smallest absolute Gasteiger partial charge is 0.318 e. The highest BCUT2D eigenvalue weighted by molar-refractivity contribution is 5.96. The Hall–Kier alpha value is -3.15. The monoisotopic (exact) mass is 379 g/mol. The summed E-state index contributed by atoms with van der Waals surface area (Å²) >= 11 is 0. The minimum absolute atomic E-state index is 0.166. The van der Waals surface area contributed by atoms with Gasteiger partial charge in [0.15, 0.2) is 5.78 Å². The molecule has 28 heavy (non-hydrogen) atoms. The summed E-state index contributed by atoms with van der Waals surface area (Å²) in [6.07, 6.45) is 2.88. The average Bonchev–Trinajstić information content (AvgIpc) is 2.66. The highest BCUT2D eigenvalue weighted by Crippen LogP contribution is 2.39. The third-order valence-corrected chi connectivity index (χ3v) is 4.92. The highest BCUT2D eigenvalue weighted by Gasteiger charge is 2.47. The molecule has 0 radical (unpaired) electrons. The zero-order valence-electron chi connectivity index (χ0n) is 16.3. The van der Waals surface area contributed by atoms with Crippen molar-refractivity contribution < 1.29 is 9.59 Å². The molecule has 2 aromatic rings. The van der Waals surface area contributed by atoms with E-state index >= 15 is 0 Å². The van der Waals surface area contributed by atoms with Crippen LogP contribution >= 0.6 is 0 Å². The zero-order chi connectivity index (χ0) is 20.5. The van der Waals surface area contributed by atoms with Crippen LogP contribution in [-0.2, 0) is 13.0 Å². The molecule has 1 aliphatic heterocycles. The van der Waals surface area contributed by atoms with Gasteiger partial charge < -0.3 is 10.6 Å². The van der Waals surface area contributed by atoms with Gasteiger partial charge in [0.1, 0.15) is 18.3 Å². The fraction of sp³-hybridized carbons (Fsp3) is 0.350. The van der Waals surface area contributed by atoms with Crippen LogP contribution in [0, 0.1) is 11.3 Å². The van der Waals surface area contributed by atoms with Crippen molar-refractivity contribution in [1.82, 2.24) is 19.4 Å². The molecule has 0 aliphatic carbocycles. The number of hydrogen-bond donors (Lipinski definition) is 1. The number of hydrogen-bond acceptors (Lipinski definition) is 6. The number of fused-ring (bicyclic) bond motifs is 1. The van der Waals surface area contributed by atoms with Crippen LogP contribution in [0.25, 0.3) is 0 Å². The summed E-state index contributed by atoms with van der Waals surface area (Å²) < 4.78 is -0.358. The molecule has 144 valence electrons. The maximum absolute atomic E-state index is 12.7. The van der Waals surface area contributed by atoms with E-state index in [1.165, 1.54) is 13.1 Å². The fourth-order valence-electron chi connectivity index (χ4n) is 3.71. The summed E-state index contributed by atoms with van der Waals surface area (Å²) in [5.41, 5.74) is 8.30. The SMILES string of the molecule is CC(=O)c1nc2c(cc1CN(C)C)CCC[N+]2(C(N)=O)c1ccc(C#N)cn1. The molecule has 1 aliphatic rings. The number of Topliss-reactive ketones (excluding diaryl/α,β-unsaturated/α-hetero) is 1. The van der Waals surface area contributed by atoms with Crippen LogP contribution in [0.4, 0.5) is 16.4 Å². The number of aromatic nitrogens is 2. The first-order valence-electron chi connectivity index (χ1n) is 9.03. The molecule has 3 heterocycles. The lowest BCUT2D eigenvalue weighted by molar-refractivity contribution is 0.101. The predicted molar refractivity (Wildman–Crippen MR) is 105 cm³/mol. The number of carbonyl (C=O) groups is 2. The lowest BCUT2D eigenvalue weighted by Crippen LogP contribution is -2.56. The van der Waals surface area contributed by atoms with E-state index in [1.54, 1.807) is 12.1 Å². The molecule has 2 aromatic heterocycles. The first kappa shape index (κ1) is 19.6. The molecule has 8 heteroatoms. The van der Waals surface area contributed by atoms with Crippen molar-refractivity contribution in [3.8, 4) is 6.07 Å². The molecule has 0 spiro atoms. The maximum atomic E-state index is 12.7. The Morgan fingerprint density at radius 3 is 2.64 bits per heavy atom. The van der Waals surface area contributed by atoms with Crippen LogP contribution in [-0.4, -0.2) is 47.3 Å². The molecule has 2 N–H and O–H groups in total. The third-order valence-electron chi connectivity index (χ3n) is 4.92. The van der Waals surface area contributed by atoms with Gasteiger partial charge in [-0.3, -0.25) is 4.79 Å². The van der Waals surface area contributed by atoms with E-state index in [0.29, 0.717) is 36.0 Å². The minimum Gasteiger partial charge on any atom is -0.318 e. The maximum Gasteiger partial charge on any atom is 0.426 e. The quantitative estimate of drug-likeness (QED) is 0.644. The Labute approximate surface area is 163 Å². The van der Waals surface area contributed by atoms with Crippen LogP contribution < -0.4 is 10.2 Å². The van der Waals surface area contributed by atoms with Gasteiger partial charge in [0, 0.05) is 31.5 Å². The van der Waals surface area contributed by atoms with Gasteiger partial charge in [-0.15, -0.1) is 4.48 Å². The van der Waals surface area contributed by atoms with Crippen molar-refractivity contribution in [1.29, 1.82) is 5.26 Å². The molecule has 0 fully saturated rings. The number of aryl methyl sites for hydroxylation is 1. The molecule has 2 amide bonds. The highest BCUT2D eigenvalue weighted by atomic mass is 16.2. The van der Waals surface area contributed by atoms with Gasteiger partial charge in [-0.25, -0.2) is 9.78 Å². The summed E-state index contributed by atoms with van der Waals surface area (Å²) in [5, 5.41) is 9.03. The third kappa shape index (κ3) is 3.26. The molecule has 3 rings (SSSR count). The molecular formula is C20H23N6O2+. The van der Waals surface area contributed by atoms with Crippen LogP contribution in [0.1, 0.15) is 40.5 Å². The largest absolute Gasteiger partial charge is 0.426 e. The number of pyridine rings is 2. The predicted octanol–water partition coefficient (Wildman–Crippen LogP) is 2.28. The summed E-state index contributed by atoms with van der Waals surface area (Å²) in [6, 6.07) is 6.59. The minimum atomic E-state index is -0.611. The Balaban J connectivity index is 2.26. The molecule has 0 aromatic carbocycles. The van der Waals surface area contributed by atoms with Gasteiger partial charge in [-0.1, -0.05) is 0 Å². The molecular weight excluding hydrogens is 356 g/mol. The second kappa shape index (κ2) is 7.46. The molecule has 8 nitrogen and oxygen atoms in total. The van der Waals surface area contributed by atoms with Gasteiger partial charge in [-0.2, -0.15) is 10.2 Å². The van der Waals surface area contributed by atoms with Crippen molar-refractivity contribution in [2.75, 3.05) is 20.6 Å². The Morgan fingerprint density at radius 1 is 1.36 bits per heavy atom. The number of urea groups is 1. The van der Waals surface area contributed by atoms with E-state index in [9.17, 15) is 9.59 Å². The lowest BCUT2D eigenvalue weighted by atomic mass is 9.98. The van der Waals surface area contributed by atoms with E-state index in [2.05, 4.69) is 9.97 Å². The first-order valence-corrected chi connectivity index (χ1v) is 9.03. The summed E-state index contributed by atoms with van der Waals surface area (Å²) in [6.45, 7) is 2.44. The van der Waals surface area contributed by atoms with Gasteiger partial charge in [0.2, 0.25) is 11.6 Å². The zero-order valence-corrected chi connectivity index (χ0v) is 16.3. The van der Waals surface area contributed by atoms with Crippen LogP contribution in [0.3, 0.4) is 0 Å². The van der Waals surface area contributed by atoms with E-state index < -0.39 is 6.03 Å². The normalized spacial score (nSPS) is 18.4. The number of carbonyl (C=O) groups excluding carboxylic acids is 2. The second-order valence-electron chi connectivity index (χ2n) is 7.26. The second-order valence-corrected chi connectivity index (χ2v) is 7.26. The number of amides is 2. The van der Waals surface area contributed by atoms with Gasteiger partial charge in [0.25, 0.3) is 0 Å². The number of quaternary nitrogens is 1.